The summed E-state index contributed by atoms with van der Waals surface area (Å²) in [5.74, 6) is 0.137. The lowest BCUT2D eigenvalue weighted by Gasteiger charge is -2.04. The van der Waals surface area contributed by atoms with Gasteiger partial charge in [-0.15, -0.1) is 22.7 Å². The number of nitrogens with one attached hydrogen (secondary N) is 1. The van der Waals surface area contributed by atoms with E-state index in [2.05, 4.69) is 15.3 Å². The van der Waals surface area contributed by atoms with E-state index in [0.29, 0.717) is 32.4 Å². The monoisotopic (exact) mass is 409 g/mol. The van der Waals surface area contributed by atoms with E-state index in [4.69, 9.17) is 4.42 Å². The van der Waals surface area contributed by atoms with E-state index in [9.17, 15) is 18.0 Å². The molecule has 5 nitrogen and oxygen atoms in total. The Morgan fingerprint density at radius 3 is 2.74 bits per heavy atom. The number of anilines is 1. The van der Waals surface area contributed by atoms with E-state index in [1.807, 2.05) is 0 Å². The number of amides is 1. The number of fused-ring (bicyclic) bond motifs is 1. The highest BCUT2D eigenvalue weighted by atomic mass is 32.1. The predicted octanol–water partition coefficient (Wildman–Crippen LogP) is 5.59. The van der Waals surface area contributed by atoms with Crippen LogP contribution in [0.25, 0.3) is 21.7 Å². The summed E-state index contributed by atoms with van der Waals surface area (Å²) < 4.78 is 43.8. The maximum atomic E-state index is 12.8. The predicted molar refractivity (Wildman–Crippen MR) is 97.1 cm³/mol. The number of alkyl halides is 3. The highest BCUT2D eigenvalue weighted by Gasteiger charge is 2.33. The molecule has 4 heterocycles. The van der Waals surface area contributed by atoms with E-state index < -0.39 is 17.8 Å². The van der Waals surface area contributed by atoms with E-state index in [0.717, 1.165) is 17.4 Å². The second-order valence-electron chi connectivity index (χ2n) is 5.57. The summed E-state index contributed by atoms with van der Waals surface area (Å²) >= 11 is 2.15. The van der Waals surface area contributed by atoms with E-state index in [-0.39, 0.29) is 4.83 Å². The smallest absolute Gasteiger partial charge is 0.433 e. The molecule has 138 valence electrons. The molecule has 4 aromatic rings. The van der Waals surface area contributed by atoms with Crippen molar-refractivity contribution in [2.75, 3.05) is 5.32 Å². The molecule has 0 saturated heterocycles. The van der Waals surface area contributed by atoms with Crippen molar-refractivity contribution in [1.29, 1.82) is 0 Å². The molecule has 0 spiro atoms. The van der Waals surface area contributed by atoms with Gasteiger partial charge in [0, 0.05) is 10.8 Å². The topological polar surface area (TPSA) is 68.0 Å². The maximum absolute atomic E-state index is 12.8. The molecule has 4 rings (SSSR count). The van der Waals surface area contributed by atoms with E-state index in [1.165, 1.54) is 23.7 Å². The Kier molecular flexibility index (Phi) is 4.23. The molecule has 1 amide bonds. The lowest BCUT2D eigenvalue weighted by Crippen LogP contribution is -2.11. The van der Waals surface area contributed by atoms with Gasteiger partial charge >= 0.3 is 6.18 Å². The fourth-order valence-electron chi connectivity index (χ4n) is 2.50. The maximum Gasteiger partial charge on any atom is 0.433 e. The third-order valence-corrected chi connectivity index (χ3v) is 5.76. The molecule has 0 fully saturated rings. The highest BCUT2D eigenvalue weighted by molar-refractivity contribution is 7.21. The van der Waals surface area contributed by atoms with Gasteiger partial charge in [0.25, 0.3) is 5.91 Å². The van der Waals surface area contributed by atoms with Crippen molar-refractivity contribution in [2.24, 2.45) is 0 Å². The molecule has 10 heteroatoms. The molecule has 27 heavy (non-hydrogen) atoms. The number of carbonyl (C=O) groups excluding carboxylic acids is 1. The number of furan rings is 1. The van der Waals surface area contributed by atoms with Crippen LogP contribution < -0.4 is 5.32 Å². The Morgan fingerprint density at radius 1 is 1.22 bits per heavy atom. The van der Waals surface area contributed by atoms with E-state index in [1.54, 1.807) is 24.4 Å². The number of hydrogen-bond donors (Lipinski definition) is 1. The van der Waals surface area contributed by atoms with Gasteiger partial charge in [-0.1, -0.05) is 0 Å². The Labute approximate surface area is 158 Å². The summed E-state index contributed by atoms with van der Waals surface area (Å²) in [6, 6.07) is 5.74. The van der Waals surface area contributed by atoms with Crippen LogP contribution in [0.5, 0.6) is 0 Å². The standard InChI is InChI=1S/C17H10F3N3O2S2/c1-8-9-4-5-12(17(18,19)20)22-15(9)27-13(8)14(24)23-16-21-10(7-26-16)11-3-2-6-25-11/h2-7H,1H3,(H,21,23,24). The number of carbonyl (C=O) groups is 1. The first-order chi connectivity index (χ1) is 12.8. The Bertz CT molecular complexity index is 1130. The van der Waals surface area contributed by atoms with Gasteiger partial charge in [0.15, 0.2) is 10.9 Å². The molecule has 0 aliphatic carbocycles. The van der Waals surface area contributed by atoms with Gasteiger partial charge in [-0.25, -0.2) is 9.97 Å². The number of hydrogen-bond acceptors (Lipinski definition) is 6. The normalized spacial score (nSPS) is 11.9. The van der Waals surface area contributed by atoms with Crippen LogP contribution in [0.4, 0.5) is 18.3 Å². The minimum atomic E-state index is -4.53. The number of thiazole rings is 1. The van der Waals surface area contributed by atoms with Crippen LogP contribution in [0.1, 0.15) is 20.9 Å². The molecule has 0 radical (unpaired) electrons. The summed E-state index contributed by atoms with van der Waals surface area (Å²) in [5.41, 5.74) is 0.188. The first-order valence-electron chi connectivity index (χ1n) is 7.61. The zero-order chi connectivity index (χ0) is 19.2. The second kappa shape index (κ2) is 6.46. The zero-order valence-corrected chi connectivity index (χ0v) is 15.3. The first-order valence-corrected chi connectivity index (χ1v) is 9.30. The van der Waals surface area contributed by atoms with Crippen molar-refractivity contribution in [3.63, 3.8) is 0 Å². The Hall–Kier alpha value is -2.72. The summed E-state index contributed by atoms with van der Waals surface area (Å²) in [6.45, 7) is 1.68. The summed E-state index contributed by atoms with van der Waals surface area (Å²) in [6.07, 6.45) is -3.01. The number of aromatic nitrogens is 2. The lowest BCUT2D eigenvalue weighted by atomic mass is 10.2. The SMILES string of the molecule is Cc1c(C(=O)Nc2nc(-c3ccco3)cs2)sc2nc(C(F)(F)F)ccc12. The van der Waals surface area contributed by atoms with Gasteiger partial charge < -0.3 is 4.42 Å². The van der Waals surface area contributed by atoms with Crippen molar-refractivity contribution < 1.29 is 22.4 Å². The molecule has 0 bridgehead atoms. The number of aryl methyl sites for hydroxylation is 1. The van der Waals surface area contributed by atoms with Crippen molar-refractivity contribution in [3.05, 3.63) is 52.0 Å². The molecule has 0 unspecified atom stereocenters. The Balaban J connectivity index is 1.62. The molecular formula is C17H10F3N3O2S2. The van der Waals surface area contributed by atoms with Crippen LogP contribution in [-0.4, -0.2) is 15.9 Å². The van der Waals surface area contributed by atoms with Crippen molar-refractivity contribution >= 4 is 43.9 Å². The first kappa shape index (κ1) is 17.7. The number of nitrogens with zero attached hydrogens (tertiary/aromatic N) is 2. The van der Waals surface area contributed by atoms with Gasteiger partial charge in [0.05, 0.1) is 11.1 Å². The minimum Gasteiger partial charge on any atom is -0.463 e. The fourth-order valence-corrected chi connectivity index (χ4v) is 4.27. The van der Waals surface area contributed by atoms with Crippen molar-refractivity contribution in [2.45, 2.75) is 13.1 Å². The van der Waals surface area contributed by atoms with Crippen molar-refractivity contribution in [1.82, 2.24) is 9.97 Å². The quantitative estimate of drug-likeness (QED) is 0.479. The van der Waals surface area contributed by atoms with Gasteiger partial charge in [-0.3, -0.25) is 10.1 Å². The third-order valence-electron chi connectivity index (χ3n) is 3.80. The van der Waals surface area contributed by atoms with Crippen LogP contribution in [0.2, 0.25) is 0 Å². The zero-order valence-electron chi connectivity index (χ0n) is 13.6. The van der Waals surface area contributed by atoms with Gasteiger partial charge in [-0.2, -0.15) is 13.2 Å². The Morgan fingerprint density at radius 2 is 2.04 bits per heavy atom. The average molecular weight is 409 g/mol. The van der Waals surface area contributed by atoms with Gasteiger partial charge in [-0.05, 0) is 36.8 Å². The molecule has 1 N–H and O–H groups in total. The second-order valence-corrected chi connectivity index (χ2v) is 7.43. The summed E-state index contributed by atoms with van der Waals surface area (Å²) in [5, 5.41) is 5.30. The van der Waals surface area contributed by atoms with Gasteiger partial charge in [0.1, 0.15) is 16.2 Å². The largest absolute Gasteiger partial charge is 0.463 e. The number of pyridine rings is 1. The molecule has 0 saturated carbocycles. The fraction of sp³-hybridized carbons (Fsp3) is 0.118. The number of thiophene rings is 1. The van der Waals surface area contributed by atoms with Crippen LogP contribution >= 0.6 is 22.7 Å². The lowest BCUT2D eigenvalue weighted by molar-refractivity contribution is -0.140. The minimum absolute atomic E-state index is 0.169. The van der Waals surface area contributed by atoms with Crippen LogP contribution in [-0.2, 0) is 6.18 Å². The molecule has 4 aromatic heterocycles. The van der Waals surface area contributed by atoms with Crippen LogP contribution in [0, 0.1) is 6.92 Å². The molecule has 0 aromatic carbocycles. The van der Waals surface area contributed by atoms with Crippen LogP contribution in [0.3, 0.4) is 0 Å². The van der Waals surface area contributed by atoms with Crippen LogP contribution in [0.15, 0.2) is 40.3 Å². The van der Waals surface area contributed by atoms with E-state index >= 15 is 0 Å². The number of halogens is 3. The average Bonchev–Trinajstić information content (AvgIpc) is 3.34. The molecule has 0 aliphatic rings. The number of rotatable bonds is 3. The molecule has 0 atom stereocenters. The molecular weight excluding hydrogens is 399 g/mol. The summed E-state index contributed by atoms with van der Waals surface area (Å²) in [7, 11) is 0. The van der Waals surface area contributed by atoms with Crippen molar-refractivity contribution in [3.8, 4) is 11.5 Å². The third kappa shape index (κ3) is 3.33. The van der Waals surface area contributed by atoms with Gasteiger partial charge in [0.2, 0.25) is 0 Å². The molecule has 0 aliphatic heterocycles. The highest BCUT2D eigenvalue weighted by Crippen LogP contribution is 2.35. The summed E-state index contributed by atoms with van der Waals surface area (Å²) in [4.78, 5) is 21.0.